The summed E-state index contributed by atoms with van der Waals surface area (Å²) in [7, 11) is 0. The van der Waals surface area contributed by atoms with Crippen LogP contribution in [-0.4, -0.2) is 12.6 Å². The third-order valence-electron chi connectivity index (χ3n) is 1.95. The summed E-state index contributed by atoms with van der Waals surface area (Å²) < 4.78 is 0. The number of hydrogen-bond acceptors (Lipinski definition) is 1. The van der Waals surface area contributed by atoms with Crippen molar-refractivity contribution in [3.63, 3.8) is 0 Å². The minimum atomic E-state index is 0.722. The molecule has 0 saturated carbocycles. The third kappa shape index (κ3) is 6.11. The molecule has 0 aromatic carbocycles. The highest BCUT2D eigenvalue weighted by Gasteiger charge is 2.01. The first-order valence-electron chi connectivity index (χ1n) is 4.69. The Hall–Kier alpha value is -0.300. The zero-order valence-corrected chi connectivity index (χ0v) is 7.90. The Morgan fingerprint density at radius 1 is 1.45 bits per heavy atom. The Morgan fingerprint density at radius 2 is 2.18 bits per heavy atom. The first-order valence-corrected chi connectivity index (χ1v) is 4.69. The Balaban J connectivity index is 3.27. The SMILES string of the molecule is C=CCCCC(CC)NCC. The topological polar surface area (TPSA) is 12.0 Å². The zero-order valence-electron chi connectivity index (χ0n) is 7.90. The van der Waals surface area contributed by atoms with E-state index in [-0.39, 0.29) is 0 Å². The van der Waals surface area contributed by atoms with Gasteiger partial charge in [-0.25, -0.2) is 0 Å². The van der Waals surface area contributed by atoms with E-state index in [1.54, 1.807) is 0 Å². The predicted molar refractivity (Wildman–Crippen MR) is 51.8 cm³/mol. The number of allylic oxidation sites excluding steroid dienone is 1. The van der Waals surface area contributed by atoms with Gasteiger partial charge in [0.1, 0.15) is 0 Å². The third-order valence-corrected chi connectivity index (χ3v) is 1.95. The largest absolute Gasteiger partial charge is 0.314 e. The Kier molecular flexibility index (Phi) is 7.59. The fourth-order valence-corrected chi connectivity index (χ4v) is 1.25. The molecule has 1 N–H and O–H groups in total. The first kappa shape index (κ1) is 10.7. The van der Waals surface area contributed by atoms with E-state index in [9.17, 15) is 0 Å². The molecule has 0 amide bonds. The molecule has 0 aromatic heterocycles. The van der Waals surface area contributed by atoms with Gasteiger partial charge < -0.3 is 5.32 Å². The number of hydrogen-bond donors (Lipinski definition) is 1. The molecule has 1 atom stereocenters. The Morgan fingerprint density at radius 3 is 2.64 bits per heavy atom. The lowest BCUT2D eigenvalue weighted by atomic mass is 10.1. The summed E-state index contributed by atoms with van der Waals surface area (Å²) in [5.74, 6) is 0. The van der Waals surface area contributed by atoms with E-state index in [2.05, 4.69) is 25.7 Å². The van der Waals surface area contributed by atoms with E-state index in [0.717, 1.165) is 19.0 Å². The van der Waals surface area contributed by atoms with Crippen molar-refractivity contribution in [3.8, 4) is 0 Å². The van der Waals surface area contributed by atoms with Crippen LogP contribution in [0.3, 0.4) is 0 Å². The molecule has 0 aromatic rings. The monoisotopic (exact) mass is 155 g/mol. The van der Waals surface area contributed by atoms with Gasteiger partial charge in [0.25, 0.3) is 0 Å². The van der Waals surface area contributed by atoms with Crippen LogP contribution in [0.4, 0.5) is 0 Å². The van der Waals surface area contributed by atoms with E-state index >= 15 is 0 Å². The lowest BCUT2D eigenvalue weighted by Gasteiger charge is -2.14. The fourth-order valence-electron chi connectivity index (χ4n) is 1.25. The van der Waals surface area contributed by atoms with Crippen molar-refractivity contribution in [2.24, 2.45) is 0 Å². The zero-order chi connectivity index (χ0) is 8.53. The van der Waals surface area contributed by atoms with Crippen LogP contribution in [0.1, 0.15) is 39.5 Å². The summed E-state index contributed by atoms with van der Waals surface area (Å²) in [5, 5.41) is 3.46. The van der Waals surface area contributed by atoms with Crippen LogP contribution >= 0.6 is 0 Å². The molecule has 0 aliphatic heterocycles. The van der Waals surface area contributed by atoms with E-state index < -0.39 is 0 Å². The summed E-state index contributed by atoms with van der Waals surface area (Å²) in [4.78, 5) is 0. The molecule has 1 heteroatoms. The van der Waals surface area contributed by atoms with Gasteiger partial charge in [-0.2, -0.15) is 0 Å². The Labute approximate surface area is 70.9 Å². The molecule has 0 aliphatic carbocycles. The summed E-state index contributed by atoms with van der Waals surface area (Å²) in [6.07, 6.45) is 6.96. The van der Waals surface area contributed by atoms with E-state index in [1.165, 1.54) is 19.3 Å². The van der Waals surface area contributed by atoms with E-state index in [4.69, 9.17) is 0 Å². The number of nitrogens with one attached hydrogen (secondary N) is 1. The normalized spacial score (nSPS) is 12.9. The van der Waals surface area contributed by atoms with Crippen LogP contribution < -0.4 is 5.32 Å². The van der Waals surface area contributed by atoms with Crippen LogP contribution in [0.5, 0.6) is 0 Å². The second-order valence-corrected chi connectivity index (χ2v) is 2.88. The van der Waals surface area contributed by atoms with Gasteiger partial charge in [0.05, 0.1) is 0 Å². The molecule has 0 bridgehead atoms. The van der Waals surface area contributed by atoms with Crippen molar-refractivity contribution in [2.75, 3.05) is 6.54 Å². The summed E-state index contributed by atoms with van der Waals surface area (Å²) in [6.45, 7) is 9.20. The standard InChI is InChI=1S/C10H21N/c1-4-7-8-9-10(5-2)11-6-3/h4,10-11H,1,5-9H2,2-3H3. The average Bonchev–Trinajstić information content (AvgIpc) is 2.03. The molecule has 0 fully saturated rings. The molecule has 1 nitrogen and oxygen atoms in total. The number of unbranched alkanes of at least 4 members (excludes halogenated alkanes) is 1. The van der Waals surface area contributed by atoms with Crippen LogP contribution in [0, 0.1) is 0 Å². The van der Waals surface area contributed by atoms with Crippen LogP contribution in [0.25, 0.3) is 0 Å². The van der Waals surface area contributed by atoms with Crippen molar-refractivity contribution >= 4 is 0 Å². The van der Waals surface area contributed by atoms with Gasteiger partial charge in [0.15, 0.2) is 0 Å². The lowest BCUT2D eigenvalue weighted by molar-refractivity contribution is 0.469. The van der Waals surface area contributed by atoms with Crippen molar-refractivity contribution in [3.05, 3.63) is 12.7 Å². The second-order valence-electron chi connectivity index (χ2n) is 2.88. The summed E-state index contributed by atoms with van der Waals surface area (Å²) >= 11 is 0. The molecule has 0 saturated heterocycles. The predicted octanol–water partition coefficient (Wildman–Crippen LogP) is 2.73. The molecule has 1 unspecified atom stereocenters. The molecule has 0 rings (SSSR count). The van der Waals surface area contributed by atoms with Crippen LogP contribution in [0.15, 0.2) is 12.7 Å². The molecular weight excluding hydrogens is 134 g/mol. The molecule has 11 heavy (non-hydrogen) atoms. The van der Waals surface area contributed by atoms with Gasteiger partial charge in [-0.1, -0.05) is 19.9 Å². The summed E-state index contributed by atoms with van der Waals surface area (Å²) in [6, 6.07) is 0.722. The minimum absolute atomic E-state index is 0.722. The second kappa shape index (κ2) is 7.80. The fraction of sp³-hybridized carbons (Fsp3) is 0.800. The molecular formula is C10H21N. The van der Waals surface area contributed by atoms with E-state index in [1.807, 2.05) is 6.08 Å². The molecule has 0 heterocycles. The van der Waals surface area contributed by atoms with E-state index in [0.29, 0.717) is 0 Å². The van der Waals surface area contributed by atoms with Gasteiger partial charge >= 0.3 is 0 Å². The molecule has 0 spiro atoms. The Bertz CT molecular complexity index is 88.9. The van der Waals surface area contributed by atoms with Gasteiger partial charge in [-0.05, 0) is 32.2 Å². The highest BCUT2D eigenvalue weighted by atomic mass is 14.9. The van der Waals surface area contributed by atoms with Crippen molar-refractivity contribution in [1.29, 1.82) is 0 Å². The van der Waals surface area contributed by atoms with Crippen molar-refractivity contribution < 1.29 is 0 Å². The van der Waals surface area contributed by atoms with Crippen molar-refractivity contribution in [1.82, 2.24) is 5.32 Å². The van der Waals surface area contributed by atoms with Crippen LogP contribution in [0.2, 0.25) is 0 Å². The molecule has 0 radical (unpaired) electrons. The van der Waals surface area contributed by atoms with Crippen LogP contribution in [-0.2, 0) is 0 Å². The highest BCUT2D eigenvalue weighted by Crippen LogP contribution is 2.03. The smallest absolute Gasteiger partial charge is 0.00644 e. The summed E-state index contributed by atoms with van der Waals surface area (Å²) in [5.41, 5.74) is 0. The maximum Gasteiger partial charge on any atom is 0.00644 e. The molecule has 66 valence electrons. The maximum absolute atomic E-state index is 3.71. The maximum atomic E-state index is 3.71. The van der Waals surface area contributed by atoms with Gasteiger partial charge in [0.2, 0.25) is 0 Å². The van der Waals surface area contributed by atoms with Gasteiger partial charge in [-0.15, -0.1) is 6.58 Å². The first-order chi connectivity index (χ1) is 5.35. The quantitative estimate of drug-likeness (QED) is 0.440. The van der Waals surface area contributed by atoms with Crippen molar-refractivity contribution in [2.45, 2.75) is 45.6 Å². The molecule has 0 aliphatic rings. The number of rotatable bonds is 7. The van der Waals surface area contributed by atoms with Gasteiger partial charge in [-0.3, -0.25) is 0 Å². The lowest BCUT2D eigenvalue weighted by Crippen LogP contribution is -2.27. The average molecular weight is 155 g/mol. The minimum Gasteiger partial charge on any atom is -0.314 e. The van der Waals surface area contributed by atoms with Gasteiger partial charge in [0, 0.05) is 6.04 Å². The highest BCUT2D eigenvalue weighted by molar-refractivity contribution is 4.69.